The quantitative estimate of drug-likeness (QED) is 0.879. The van der Waals surface area contributed by atoms with Crippen LogP contribution in [-0.4, -0.2) is 42.7 Å². The number of hydrogen-bond acceptors (Lipinski definition) is 3. The first kappa shape index (κ1) is 15.3. The minimum atomic E-state index is 0.214. The van der Waals surface area contributed by atoms with Crippen LogP contribution in [0.4, 0.5) is 0 Å². The molecule has 0 amide bonds. The van der Waals surface area contributed by atoms with Crippen molar-refractivity contribution >= 4 is 15.9 Å². The largest absolute Gasteiger partial charge is 0.492 e. The zero-order valence-corrected chi connectivity index (χ0v) is 14.5. The third-order valence-corrected chi connectivity index (χ3v) is 5.18. The van der Waals surface area contributed by atoms with Crippen molar-refractivity contribution in [3.63, 3.8) is 0 Å². The van der Waals surface area contributed by atoms with Gasteiger partial charge in [0.25, 0.3) is 0 Å². The highest BCUT2D eigenvalue weighted by atomic mass is 79.9. The normalized spacial score (nSPS) is 25.8. The summed E-state index contributed by atoms with van der Waals surface area (Å²) >= 11 is 3.48. The lowest BCUT2D eigenvalue weighted by Crippen LogP contribution is -2.63. The number of piperazine rings is 1. The maximum Gasteiger partial charge on any atom is 0.120 e. The molecule has 1 aliphatic carbocycles. The first-order chi connectivity index (χ1) is 10.0. The minimum Gasteiger partial charge on any atom is -0.492 e. The van der Waals surface area contributed by atoms with Gasteiger partial charge >= 0.3 is 0 Å². The number of halogens is 1. The van der Waals surface area contributed by atoms with Gasteiger partial charge in [-0.1, -0.05) is 22.0 Å². The molecular formula is C17H25BrN2O. The van der Waals surface area contributed by atoms with Gasteiger partial charge < -0.3 is 10.1 Å². The van der Waals surface area contributed by atoms with E-state index in [1.165, 1.54) is 12.8 Å². The highest BCUT2D eigenvalue weighted by Crippen LogP contribution is 2.35. The molecule has 1 aromatic carbocycles. The average molecular weight is 353 g/mol. The van der Waals surface area contributed by atoms with E-state index in [0.29, 0.717) is 6.04 Å². The lowest BCUT2D eigenvalue weighted by molar-refractivity contribution is 0.0482. The first-order valence-electron chi connectivity index (χ1n) is 7.91. The molecule has 0 bridgehead atoms. The summed E-state index contributed by atoms with van der Waals surface area (Å²) in [7, 11) is 0. The van der Waals surface area contributed by atoms with E-state index in [-0.39, 0.29) is 5.54 Å². The number of hydrogen-bond donors (Lipinski definition) is 1. The molecule has 0 radical (unpaired) electrons. The number of ether oxygens (including phenoxy) is 1. The number of rotatable bonds is 5. The van der Waals surface area contributed by atoms with Crippen molar-refractivity contribution in [2.45, 2.75) is 38.3 Å². The molecule has 1 aliphatic heterocycles. The van der Waals surface area contributed by atoms with Crippen molar-refractivity contribution in [2.24, 2.45) is 5.92 Å². The van der Waals surface area contributed by atoms with E-state index in [4.69, 9.17) is 4.74 Å². The van der Waals surface area contributed by atoms with Crippen LogP contribution in [0.3, 0.4) is 0 Å². The standard InChI is InChI=1S/C17H25BrN2O/c1-17(2)12-19-16(13-6-7-13)11-20(17)8-9-21-15-5-3-4-14(18)10-15/h3-5,10,13,16,19H,6-9,11-12H2,1-2H3. The Hall–Kier alpha value is -0.580. The van der Waals surface area contributed by atoms with Gasteiger partial charge in [-0.25, -0.2) is 0 Å². The van der Waals surface area contributed by atoms with Gasteiger partial charge in [-0.3, -0.25) is 4.90 Å². The summed E-state index contributed by atoms with van der Waals surface area (Å²) in [5.41, 5.74) is 0.214. The Morgan fingerprint density at radius 1 is 1.38 bits per heavy atom. The fraction of sp³-hybridized carbons (Fsp3) is 0.647. The van der Waals surface area contributed by atoms with Crippen molar-refractivity contribution in [1.29, 1.82) is 0 Å². The summed E-state index contributed by atoms with van der Waals surface area (Å²) in [6.45, 7) is 8.61. The van der Waals surface area contributed by atoms with Gasteiger partial charge in [0.15, 0.2) is 0 Å². The van der Waals surface area contributed by atoms with Crippen LogP contribution in [0.25, 0.3) is 0 Å². The molecule has 1 unspecified atom stereocenters. The Balaban J connectivity index is 1.52. The van der Waals surface area contributed by atoms with E-state index in [9.17, 15) is 0 Å². The van der Waals surface area contributed by atoms with Gasteiger partial charge in [0.05, 0.1) is 0 Å². The van der Waals surface area contributed by atoms with E-state index < -0.39 is 0 Å². The second-order valence-electron chi connectivity index (χ2n) is 6.89. The molecule has 0 spiro atoms. The smallest absolute Gasteiger partial charge is 0.120 e. The maximum absolute atomic E-state index is 5.90. The number of nitrogens with zero attached hydrogens (tertiary/aromatic N) is 1. The molecule has 3 rings (SSSR count). The fourth-order valence-electron chi connectivity index (χ4n) is 3.08. The highest BCUT2D eigenvalue weighted by Gasteiger charge is 2.40. The molecule has 1 saturated carbocycles. The topological polar surface area (TPSA) is 24.5 Å². The predicted molar refractivity (Wildman–Crippen MR) is 89.8 cm³/mol. The van der Waals surface area contributed by atoms with Crippen molar-refractivity contribution in [2.75, 3.05) is 26.2 Å². The third-order valence-electron chi connectivity index (χ3n) is 4.69. The van der Waals surface area contributed by atoms with Crippen LogP contribution < -0.4 is 10.1 Å². The fourth-order valence-corrected chi connectivity index (χ4v) is 3.46. The SMILES string of the molecule is CC1(C)CNC(C2CC2)CN1CCOc1cccc(Br)c1. The van der Waals surface area contributed by atoms with Gasteiger partial charge in [0, 0.05) is 35.7 Å². The van der Waals surface area contributed by atoms with Crippen LogP contribution in [0.5, 0.6) is 5.75 Å². The second kappa shape index (κ2) is 6.27. The van der Waals surface area contributed by atoms with Crippen LogP contribution in [0.15, 0.2) is 28.7 Å². The summed E-state index contributed by atoms with van der Waals surface area (Å²) < 4.78 is 6.97. The molecule has 2 aliphatic rings. The van der Waals surface area contributed by atoms with E-state index in [1.807, 2.05) is 24.3 Å². The Morgan fingerprint density at radius 3 is 2.90 bits per heavy atom. The minimum absolute atomic E-state index is 0.214. The number of nitrogens with one attached hydrogen (secondary N) is 1. The molecule has 1 saturated heterocycles. The molecular weight excluding hydrogens is 328 g/mol. The molecule has 116 valence electrons. The van der Waals surface area contributed by atoms with Gasteiger partial charge in [-0.05, 0) is 50.8 Å². The molecule has 1 atom stereocenters. The molecule has 2 fully saturated rings. The van der Waals surface area contributed by atoms with Gasteiger partial charge in [-0.2, -0.15) is 0 Å². The Bertz CT molecular complexity index is 487. The van der Waals surface area contributed by atoms with E-state index in [2.05, 4.69) is 40.0 Å². The zero-order chi connectivity index (χ0) is 14.9. The van der Waals surface area contributed by atoms with Crippen LogP contribution in [0, 0.1) is 5.92 Å². The summed E-state index contributed by atoms with van der Waals surface area (Å²) in [6.07, 6.45) is 2.81. The molecule has 4 heteroatoms. The average Bonchev–Trinajstić information content (AvgIpc) is 3.25. The molecule has 1 aromatic rings. The van der Waals surface area contributed by atoms with E-state index >= 15 is 0 Å². The first-order valence-corrected chi connectivity index (χ1v) is 8.71. The van der Waals surface area contributed by atoms with Gasteiger partial charge in [-0.15, -0.1) is 0 Å². The van der Waals surface area contributed by atoms with Gasteiger partial charge in [0.1, 0.15) is 12.4 Å². The van der Waals surface area contributed by atoms with E-state index in [1.54, 1.807) is 0 Å². The van der Waals surface area contributed by atoms with Crippen molar-refractivity contribution in [3.8, 4) is 5.75 Å². The zero-order valence-electron chi connectivity index (χ0n) is 12.9. The summed E-state index contributed by atoms with van der Waals surface area (Å²) in [4.78, 5) is 2.59. The van der Waals surface area contributed by atoms with Gasteiger partial charge in [0.2, 0.25) is 0 Å². The summed E-state index contributed by atoms with van der Waals surface area (Å²) in [5.74, 6) is 1.85. The monoisotopic (exact) mass is 352 g/mol. The Morgan fingerprint density at radius 2 is 2.19 bits per heavy atom. The lowest BCUT2D eigenvalue weighted by Gasteiger charge is -2.46. The van der Waals surface area contributed by atoms with Crippen molar-refractivity contribution in [3.05, 3.63) is 28.7 Å². The van der Waals surface area contributed by atoms with E-state index in [0.717, 1.165) is 42.4 Å². The Labute approximate surface area is 136 Å². The van der Waals surface area contributed by atoms with Crippen LogP contribution in [0.2, 0.25) is 0 Å². The predicted octanol–water partition coefficient (Wildman–Crippen LogP) is 3.29. The highest BCUT2D eigenvalue weighted by molar-refractivity contribution is 9.10. The molecule has 1 heterocycles. The van der Waals surface area contributed by atoms with Crippen LogP contribution in [0.1, 0.15) is 26.7 Å². The number of benzene rings is 1. The molecule has 3 nitrogen and oxygen atoms in total. The Kier molecular flexibility index (Phi) is 4.57. The van der Waals surface area contributed by atoms with Crippen molar-refractivity contribution in [1.82, 2.24) is 10.2 Å². The van der Waals surface area contributed by atoms with Crippen LogP contribution in [-0.2, 0) is 0 Å². The summed E-state index contributed by atoms with van der Waals surface area (Å²) in [5, 5.41) is 3.73. The lowest BCUT2D eigenvalue weighted by atomic mass is 9.96. The molecule has 21 heavy (non-hydrogen) atoms. The second-order valence-corrected chi connectivity index (χ2v) is 7.80. The third kappa shape index (κ3) is 3.99. The molecule has 1 N–H and O–H groups in total. The molecule has 0 aromatic heterocycles. The van der Waals surface area contributed by atoms with Crippen molar-refractivity contribution < 1.29 is 4.74 Å². The van der Waals surface area contributed by atoms with Crippen LogP contribution >= 0.6 is 15.9 Å². The maximum atomic E-state index is 5.90. The summed E-state index contributed by atoms with van der Waals surface area (Å²) in [6, 6.07) is 8.75.